The predicted octanol–water partition coefficient (Wildman–Crippen LogP) is 4.62. The number of benzene rings is 1. The molecule has 1 atom stereocenters. The fraction of sp³-hybridized carbons (Fsp3) is 0.684. The van der Waals surface area contributed by atoms with Crippen molar-refractivity contribution in [2.24, 2.45) is 0 Å². The minimum atomic E-state index is 0. The van der Waals surface area contributed by atoms with E-state index >= 15 is 0 Å². The van der Waals surface area contributed by atoms with Crippen LogP contribution in [0.4, 0.5) is 5.69 Å². The van der Waals surface area contributed by atoms with Gasteiger partial charge < -0.3 is 10.2 Å². The summed E-state index contributed by atoms with van der Waals surface area (Å²) in [5, 5.41) is 3.53. The van der Waals surface area contributed by atoms with Crippen LogP contribution >= 0.6 is 37.2 Å². The van der Waals surface area contributed by atoms with Gasteiger partial charge in [0.1, 0.15) is 0 Å². The molecule has 2 fully saturated rings. The first-order chi connectivity index (χ1) is 10.8. The zero-order valence-corrected chi connectivity index (χ0v) is 17.7. The normalized spacial score (nSPS) is 20.4. The number of unbranched alkanes of at least 4 members (excludes halogenated alkanes) is 1. The molecule has 1 unspecified atom stereocenters. The second kappa shape index (κ2) is 13.1. The highest BCUT2D eigenvalue weighted by atomic mass is 35.5. The topological polar surface area (TPSA) is 18.5 Å². The first-order valence-corrected chi connectivity index (χ1v) is 9.08. The summed E-state index contributed by atoms with van der Waals surface area (Å²) in [6, 6.07) is 9.56. The van der Waals surface area contributed by atoms with E-state index < -0.39 is 0 Å². The molecule has 0 saturated carbocycles. The maximum absolute atomic E-state index is 3.53. The van der Waals surface area contributed by atoms with Crippen molar-refractivity contribution in [3.05, 3.63) is 29.8 Å². The average molecular weight is 411 g/mol. The lowest BCUT2D eigenvalue weighted by Gasteiger charge is -2.44. The SMILES string of the molecule is Cc1ccc(NCCCCN2CCN3CCCCC3C2)cc1.Cl.Cl.Cl. The van der Waals surface area contributed by atoms with Gasteiger partial charge in [-0.2, -0.15) is 0 Å². The molecule has 0 spiro atoms. The molecule has 1 aromatic carbocycles. The number of fused-ring (bicyclic) bond motifs is 1. The lowest BCUT2D eigenvalue weighted by molar-refractivity contribution is 0.0488. The summed E-state index contributed by atoms with van der Waals surface area (Å²) in [4.78, 5) is 5.41. The molecule has 3 nitrogen and oxygen atoms in total. The maximum atomic E-state index is 3.53. The van der Waals surface area contributed by atoms with Crippen LogP contribution in [-0.2, 0) is 0 Å². The zero-order chi connectivity index (χ0) is 15.2. The number of halogens is 3. The molecule has 2 aliphatic heterocycles. The molecule has 0 aliphatic carbocycles. The van der Waals surface area contributed by atoms with Gasteiger partial charge >= 0.3 is 0 Å². The molecule has 1 aromatic rings. The van der Waals surface area contributed by atoms with Crippen LogP contribution in [0, 0.1) is 6.92 Å². The number of nitrogens with one attached hydrogen (secondary N) is 1. The van der Waals surface area contributed by atoms with Gasteiger partial charge in [0.25, 0.3) is 0 Å². The molecule has 3 rings (SSSR count). The molecule has 2 saturated heterocycles. The number of hydrogen-bond donors (Lipinski definition) is 1. The summed E-state index contributed by atoms with van der Waals surface area (Å²) in [7, 11) is 0. The largest absolute Gasteiger partial charge is 0.385 e. The quantitative estimate of drug-likeness (QED) is 0.690. The fourth-order valence-electron chi connectivity index (χ4n) is 3.79. The Balaban J connectivity index is 0.00000192. The first kappa shape index (κ1) is 24.8. The van der Waals surface area contributed by atoms with Gasteiger partial charge in [0, 0.05) is 37.9 Å². The Morgan fingerprint density at radius 1 is 0.960 bits per heavy atom. The highest BCUT2D eigenvalue weighted by molar-refractivity contribution is 5.86. The van der Waals surface area contributed by atoms with Gasteiger partial charge in [-0.1, -0.05) is 24.1 Å². The van der Waals surface area contributed by atoms with E-state index in [-0.39, 0.29) is 37.2 Å². The predicted molar refractivity (Wildman–Crippen MR) is 116 cm³/mol. The molecule has 0 amide bonds. The fourth-order valence-corrected chi connectivity index (χ4v) is 3.79. The second-order valence-electron chi connectivity index (χ2n) is 6.99. The molecule has 0 aromatic heterocycles. The van der Waals surface area contributed by atoms with Crippen molar-refractivity contribution in [1.29, 1.82) is 0 Å². The number of piperazine rings is 1. The van der Waals surface area contributed by atoms with Crippen LogP contribution in [0.1, 0.15) is 37.7 Å². The second-order valence-corrected chi connectivity index (χ2v) is 6.99. The third kappa shape index (κ3) is 7.92. The van der Waals surface area contributed by atoms with Crippen molar-refractivity contribution in [3.8, 4) is 0 Å². The van der Waals surface area contributed by atoms with Crippen molar-refractivity contribution < 1.29 is 0 Å². The van der Waals surface area contributed by atoms with Crippen molar-refractivity contribution in [2.75, 3.05) is 44.6 Å². The van der Waals surface area contributed by atoms with E-state index in [1.165, 1.54) is 76.1 Å². The third-order valence-corrected chi connectivity index (χ3v) is 5.20. The summed E-state index contributed by atoms with van der Waals surface area (Å²) >= 11 is 0. The van der Waals surface area contributed by atoms with Crippen LogP contribution in [0.25, 0.3) is 0 Å². The van der Waals surface area contributed by atoms with Crippen molar-refractivity contribution in [2.45, 2.75) is 45.1 Å². The van der Waals surface area contributed by atoms with Gasteiger partial charge in [-0.3, -0.25) is 4.90 Å². The van der Waals surface area contributed by atoms with E-state index in [1.807, 2.05) is 0 Å². The van der Waals surface area contributed by atoms with E-state index in [0.29, 0.717) is 0 Å². The number of anilines is 1. The van der Waals surface area contributed by atoms with Crippen molar-refractivity contribution in [1.82, 2.24) is 9.80 Å². The van der Waals surface area contributed by atoms with Gasteiger partial charge in [0.05, 0.1) is 0 Å². The summed E-state index contributed by atoms with van der Waals surface area (Å²) < 4.78 is 0. The Morgan fingerprint density at radius 2 is 1.72 bits per heavy atom. The van der Waals surface area contributed by atoms with Gasteiger partial charge in [0.2, 0.25) is 0 Å². The number of aryl methyl sites for hydroxylation is 1. The standard InChI is InChI=1S/C19H31N3.3ClH/c1-17-7-9-18(10-8-17)20-11-3-5-12-21-14-15-22-13-4-2-6-19(22)16-21;;;/h7-10,19-20H,2-6,11-16H2,1H3;3*1H. The Hall–Kier alpha value is -0.190. The Bertz CT molecular complexity index is 456. The molecule has 0 bridgehead atoms. The summed E-state index contributed by atoms with van der Waals surface area (Å²) in [5.74, 6) is 0. The molecule has 2 aliphatic rings. The third-order valence-electron chi connectivity index (χ3n) is 5.20. The minimum absolute atomic E-state index is 0. The van der Waals surface area contributed by atoms with Crippen LogP contribution in [-0.4, -0.2) is 55.1 Å². The Kier molecular flexibility index (Phi) is 13.0. The smallest absolute Gasteiger partial charge is 0.0340 e. The molecule has 1 N–H and O–H groups in total. The van der Waals surface area contributed by atoms with E-state index in [2.05, 4.69) is 46.3 Å². The van der Waals surface area contributed by atoms with Gasteiger partial charge in [-0.05, 0) is 57.8 Å². The summed E-state index contributed by atoms with van der Waals surface area (Å²) in [5.41, 5.74) is 2.58. The number of rotatable bonds is 6. The highest BCUT2D eigenvalue weighted by Gasteiger charge is 2.28. The van der Waals surface area contributed by atoms with E-state index in [9.17, 15) is 0 Å². The van der Waals surface area contributed by atoms with Crippen LogP contribution in [0.15, 0.2) is 24.3 Å². The van der Waals surface area contributed by atoms with Gasteiger partial charge in [-0.15, -0.1) is 37.2 Å². The number of piperidine rings is 1. The van der Waals surface area contributed by atoms with Crippen LogP contribution < -0.4 is 5.32 Å². The van der Waals surface area contributed by atoms with Crippen LogP contribution in [0.5, 0.6) is 0 Å². The Labute approximate surface area is 172 Å². The zero-order valence-electron chi connectivity index (χ0n) is 15.3. The monoisotopic (exact) mass is 409 g/mol. The lowest BCUT2D eigenvalue weighted by Crippen LogP contribution is -2.54. The van der Waals surface area contributed by atoms with Gasteiger partial charge in [-0.25, -0.2) is 0 Å². The highest BCUT2D eigenvalue weighted by Crippen LogP contribution is 2.21. The number of hydrogen-bond acceptors (Lipinski definition) is 3. The number of nitrogens with zero attached hydrogens (tertiary/aromatic N) is 2. The summed E-state index contributed by atoms with van der Waals surface area (Å²) in [6.07, 6.45) is 6.85. The van der Waals surface area contributed by atoms with E-state index in [0.717, 1.165) is 12.6 Å². The molecular formula is C19H34Cl3N3. The molecule has 2 heterocycles. The average Bonchev–Trinajstić information content (AvgIpc) is 2.56. The molecule has 25 heavy (non-hydrogen) atoms. The van der Waals surface area contributed by atoms with E-state index in [4.69, 9.17) is 0 Å². The molecule has 146 valence electrons. The minimum Gasteiger partial charge on any atom is -0.385 e. The molecular weight excluding hydrogens is 377 g/mol. The first-order valence-electron chi connectivity index (χ1n) is 9.08. The van der Waals surface area contributed by atoms with Crippen molar-refractivity contribution in [3.63, 3.8) is 0 Å². The Morgan fingerprint density at radius 3 is 2.48 bits per heavy atom. The van der Waals surface area contributed by atoms with Gasteiger partial charge in [0.15, 0.2) is 0 Å². The summed E-state index contributed by atoms with van der Waals surface area (Å²) in [6.45, 7) is 9.74. The van der Waals surface area contributed by atoms with Crippen LogP contribution in [0.3, 0.4) is 0 Å². The van der Waals surface area contributed by atoms with Crippen LogP contribution in [0.2, 0.25) is 0 Å². The lowest BCUT2D eigenvalue weighted by atomic mass is 9.99. The molecule has 6 heteroatoms. The maximum Gasteiger partial charge on any atom is 0.0340 e. The van der Waals surface area contributed by atoms with E-state index in [1.54, 1.807) is 0 Å². The molecule has 0 radical (unpaired) electrons. The van der Waals surface area contributed by atoms with Crippen molar-refractivity contribution >= 4 is 42.9 Å².